The van der Waals surface area contributed by atoms with Crippen LogP contribution in [0.15, 0.2) is 36.5 Å². The summed E-state index contributed by atoms with van der Waals surface area (Å²) in [5, 5.41) is 11.9. The molecule has 1 N–H and O–H groups in total. The average Bonchev–Trinajstić information content (AvgIpc) is 2.96. The van der Waals surface area contributed by atoms with Crippen LogP contribution in [0, 0.1) is 11.8 Å². The van der Waals surface area contributed by atoms with Crippen LogP contribution in [0.25, 0.3) is 5.69 Å². The van der Waals surface area contributed by atoms with E-state index in [2.05, 4.69) is 55.5 Å². The van der Waals surface area contributed by atoms with Gasteiger partial charge in [-0.3, -0.25) is 0 Å². The summed E-state index contributed by atoms with van der Waals surface area (Å²) in [6.45, 7) is 11.1. The average molecular weight is 286 g/mol. The van der Waals surface area contributed by atoms with Crippen LogP contribution in [0.3, 0.4) is 0 Å². The molecule has 0 radical (unpaired) electrons. The van der Waals surface area contributed by atoms with Crippen molar-refractivity contribution in [2.24, 2.45) is 11.8 Å². The lowest BCUT2D eigenvalue weighted by atomic mass is 9.93. The molecule has 0 spiro atoms. The SMILES string of the molecule is CC(C)CNCC(C)C(C)c1cnnn1-c1ccccc1. The summed E-state index contributed by atoms with van der Waals surface area (Å²) in [5.74, 6) is 1.62. The number of aromatic nitrogens is 3. The molecule has 2 atom stereocenters. The minimum Gasteiger partial charge on any atom is -0.316 e. The molecule has 2 unspecified atom stereocenters. The smallest absolute Gasteiger partial charge is 0.0732 e. The maximum absolute atomic E-state index is 4.24. The van der Waals surface area contributed by atoms with E-state index in [4.69, 9.17) is 0 Å². The van der Waals surface area contributed by atoms with Crippen molar-refractivity contribution in [2.75, 3.05) is 13.1 Å². The Balaban J connectivity index is 2.06. The molecule has 0 fully saturated rings. The summed E-state index contributed by atoms with van der Waals surface area (Å²) < 4.78 is 1.95. The van der Waals surface area contributed by atoms with E-state index in [-0.39, 0.29) is 0 Å². The largest absolute Gasteiger partial charge is 0.316 e. The van der Waals surface area contributed by atoms with E-state index in [1.165, 1.54) is 5.69 Å². The summed E-state index contributed by atoms with van der Waals surface area (Å²) in [6.07, 6.45) is 1.89. The van der Waals surface area contributed by atoms with Crippen LogP contribution in [0.4, 0.5) is 0 Å². The molecule has 21 heavy (non-hydrogen) atoms. The third-order valence-corrected chi connectivity index (χ3v) is 3.92. The van der Waals surface area contributed by atoms with Crippen LogP contribution < -0.4 is 5.32 Å². The van der Waals surface area contributed by atoms with Gasteiger partial charge in [-0.2, -0.15) is 0 Å². The van der Waals surface area contributed by atoms with Gasteiger partial charge in [0.05, 0.1) is 17.6 Å². The lowest BCUT2D eigenvalue weighted by Crippen LogP contribution is -2.28. The predicted octanol–water partition coefficient (Wildman–Crippen LogP) is 3.25. The molecule has 4 nitrogen and oxygen atoms in total. The monoisotopic (exact) mass is 286 g/mol. The molecule has 1 aromatic carbocycles. The first-order valence-electron chi connectivity index (χ1n) is 7.76. The van der Waals surface area contributed by atoms with Gasteiger partial charge < -0.3 is 5.32 Å². The maximum atomic E-state index is 4.24. The van der Waals surface area contributed by atoms with Gasteiger partial charge in [0.2, 0.25) is 0 Å². The molecule has 114 valence electrons. The number of hydrogen-bond donors (Lipinski definition) is 1. The normalized spacial score (nSPS) is 14.3. The van der Waals surface area contributed by atoms with Gasteiger partial charge in [0, 0.05) is 5.92 Å². The molecule has 0 aliphatic heterocycles. The van der Waals surface area contributed by atoms with Crippen molar-refractivity contribution in [3.8, 4) is 5.69 Å². The second kappa shape index (κ2) is 7.36. The van der Waals surface area contributed by atoms with Crippen molar-refractivity contribution in [3.05, 3.63) is 42.2 Å². The lowest BCUT2D eigenvalue weighted by molar-refractivity contribution is 0.418. The van der Waals surface area contributed by atoms with Crippen molar-refractivity contribution in [3.63, 3.8) is 0 Å². The highest BCUT2D eigenvalue weighted by Crippen LogP contribution is 2.24. The highest BCUT2D eigenvalue weighted by Gasteiger charge is 2.19. The van der Waals surface area contributed by atoms with Crippen LogP contribution in [-0.2, 0) is 0 Å². The zero-order valence-electron chi connectivity index (χ0n) is 13.5. The molecule has 1 heterocycles. The van der Waals surface area contributed by atoms with Crippen LogP contribution >= 0.6 is 0 Å². The van der Waals surface area contributed by atoms with Crippen molar-refractivity contribution < 1.29 is 0 Å². The number of nitrogens with one attached hydrogen (secondary N) is 1. The fraction of sp³-hybridized carbons (Fsp3) is 0.529. The quantitative estimate of drug-likeness (QED) is 0.849. The second-order valence-corrected chi connectivity index (χ2v) is 6.22. The molecule has 0 aliphatic carbocycles. The predicted molar refractivity (Wildman–Crippen MR) is 86.6 cm³/mol. The number of benzene rings is 1. The summed E-state index contributed by atoms with van der Waals surface area (Å²) in [6, 6.07) is 10.2. The lowest BCUT2D eigenvalue weighted by Gasteiger charge is -2.21. The second-order valence-electron chi connectivity index (χ2n) is 6.22. The Morgan fingerprint density at radius 2 is 1.76 bits per heavy atom. The minimum absolute atomic E-state index is 0.403. The molecular weight excluding hydrogens is 260 g/mol. The van der Waals surface area contributed by atoms with Crippen LogP contribution in [0.1, 0.15) is 39.3 Å². The highest BCUT2D eigenvalue weighted by atomic mass is 15.4. The fourth-order valence-corrected chi connectivity index (χ4v) is 2.39. The fourth-order valence-electron chi connectivity index (χ4n) is 2.39. The molecular formula is C17H26N4. The number of para-hydroxylation sites is 1. The van der Waals surface area contributed by atoms with Crippen LogP contribution in [-0.4, -0.2) is 28.1 Å². The van der Waals surface area contributed by atoms with Crippen molar-refractivity contribution in [1.29, 1.82) is 0 Å². The Morgan fingerprint density at radius 3 is 2.43 bits per heavy atom. The van der Waals surface area contributed by atoms with Crippen LogP contribution in [0.5, 0.6) is 0 Å². The van der Waals surface area contributed by atoms with Crippen molar-refractivity contribution in [2.45, 2.75) is 33.6 Å². The molecule has 0 saturated heterocycles. The van der Waals surface area contributed by atoms with Crippen LogP contribution in [0.2, 0.25) is 0 Å². The molecule has 2 aromatic rings. The first-order chi connectivity index (χ1) is 10.1. The third-order valence-electron chi connectivity index (χ3n) is 3.92. The summed E-state index contributed by atoms with van der Waals surface area (Å²) in [4.78, 5) is 0. The van der Waals surface area contributed by atoms with Gasteiger partial charge in [0.1, 0.15) is 0 Å². The van der Waals surface area contributed by atoms with Crippen molar-refractivity contribution >= 4 is 0 Å². The molecule has 1 aromatic heterocycles. The van der Waals surface area contributed by atoms with Gasteiger partial charge >= 0.3 is 0 Å². The first kappa shape index (κ1) is 15.7. The van der Waals surface area contributed by atoms with Gasteiger partial charge in [0.25, 0.3) is 0 Å². The Hall–Kier alpha value is -1.68. The summed E-state index contributed by atoms with van der Waals surface area (Å²) in [7, 11) is 0. The summed E-state index contributed by atoms with van der Waals surface area (Å²) in [5.41, 5.74) is 2.24. The third kappa shape index (κ3) is 4.14. The number of rotatable bonds is 7. The molecule has 4 heteroatoms. The Kier molecular flexibility index (Phi) is 5.51. The number of nitrogens with zero attached hydrogens (tertiary/aromatic N) is 3. The molecule has 2 rings (SSSR count). The van der Waals surface area contributed by atoms with E-state index in [9.17, 15) is 0 Å². The standard InChI is InChI=1S/C17H26N4/c1-13(2)10-18-11-14(3)15(4)17-12-19-20-21(17)16-8-6-5-7-9-16/h5-9,12-15,18H,10-11H2,1-4H3. The van der Waals surface area contributed by atoms with E-state index in [1.54, 1.807) is 0 Å². The van der Waals surface area contributed by atoms with Gasteiger partial charge in [-0.15, -0.1) is 5.10 Å². The van der Waals surface area contributed by atoms with Gasteiger partial charge in [-0.05, 0) is 37.1 Å². The maximum Gasteiger partial charge on any atom is 0.0732 e. The zero-order valence-corrected chi connectivity index (χ0v) is 13.5. The van der Waals surface area contributed by atoms with Gasteiger partial charge in [-0.25, -0.2) is 4.68 Å². The molecule has 0 aliphatic rings. The topological polar surface area (TPSA) is 42.7 Å². The number of hydrogen-bond acceptors (Lipinski definition) is 3. The van der Waals surface area contributed by atoms with E-state index >= 15 is 0 Å². The molecule has 0 saturated carbocycles. The molecule has 0 amide bonds. The van der Waals surface area contributed by atoms with E-state index in [0.717, 1.165) is 18.8 Å². The zero-order chi connectivity index (χ0) is 15.2. The Labute approximate surface area is 127 Å². The van der Waals surface area contributed by atoms with Gasteiger partial charge in [-0.1, -0.05) is 51.1 Å². The van der Waals surface area contributed by atoms with Gasteiger partial charge in [0.15, 0.2) is 0 Å². The Morgan fingerprint density at radius 1 is 1.05 bits per heavy atom. The van der Waals surface area contributed by atoms with Crippen molar-refractivity contribution in [1.82, 2.24) is 20.3 Å². The minimum atomic E-state index is 0.403. The molecule has 0 bridgehead atoms. The van der Waals surface area contributed by atoms with E-state index in [0.29, 0.717) is 17.8 Å². The van der Waals surface area contributed by atoms with E-state index in [1.807, 2.05) is 29.1 Å². The highest BCUT2D eigenvalue weighted by molar-refractivity contribution is 5.32. The van der Waals surface area contributed by atoms with E-state index < -0.39 is 0 Å². The summed E-state index contributed by atoms with van der Waals surface area (Å²) >= 11 is 0. The Bertz CT molecular complexity index is 533. The first-order valence-corrected chi connectivity index (χ1v) is 7.76.